The number of hydrogen-bond acceptors (Lipinski definition) is 3. The van der Waals surface area contributed by atoms with Crippen molar-refractivity contribution in [3.05, 3.63) is 47.7 Å². The summed E-state index contributed by atoms with van der Waals surface area (Å²) in [5.74, 6) is -0.973. The van der Waals surface area contributed by atoms with Gasteiger partial charge >= 0.3 is 5.97 Å². The van der Waals surface area contributed by atoms with Gasteiger partial charge in [-0.2, -0.15) is 5.10 Å². The minimum atomic E-state index is -0.973. The van der Waals surface area contributed by atoms with Crippen LogP contribution in [0.1, 0.15) is 15.9 Å². The number of carboxylic acid groups (broad SMARTS) is 1. The highest BCUT2D eigenvalue weighted by atomic mass is 16.4. The van der Waals surface area contributed by atoms with Gasteiger partial charge in [0, 0.05) is 12.6 Å². The highest BCUT2D eigenvalue weighted by Gasteiger charge is 2.15. The third kappa shape index (κ3) is 1.93. The number of benzene rings is 1. The first-order valence-electron chi connectivity index (χ1n) is 6.19. The third-order valence-corrected chi connectivity index (χ3v) is 3.28. The summed E-state index contributed by atoms with van der Waals surface area (Å²) in [5.41, 5.74) is 3.47. The Balaban J connectivity index is 2.28. The van der Waals surface area contributed by atoms with Crippen molar-refractivity contribution in [3.8, 4) is 11.3 Å². The lowest BCUT2D eigenvalue weighted by atomic mass is 10.1. The molecule has 2 aromatic heterocycles. The molecule has 1 aromatic carbocycles. The fraction of sp³-hybridized carbons (Fsp3) is 0.133. The molecule has 0 unspecified atom stereocenters. The van der Waals surface area contributed by atoms with Gasteiger partial charge in [0.05, 0.1) is 22.8 Å². The second kappa shape index (κ2) is 4.45. The summed E-state index contributed by atoms with van der Waals surface area (Å²) in [6.45, 7) is 2.00. The van der Waals surface area contributed by atoms with Gasteiger partial charge in [0.2, 0.25) is 0 Å². The van der Waals surface area contributed by atoms with E-state index in [2.05, 4.69) is 10.1 Å². The molecule has 3 aromatic rings. The predicted molar refractivity (Wildman–Crippen MR) is 75.6 cm³/mol. The van der Waals surface area contributed by atoms with E-state index in [9.17, 15) is 9.90 Å². The van der Waals surface area contributed by atoms with Crippen molar-refractivity contribution in [1.82, 2.24) is 14.8 Å². The molecule has 0 spiro atoms. The van der Waals surface area contributed by atoms with Crippen molar-refractivity contribution in [2.45, 2.75) is 6.92 Å². The molecule has 0 aliphatic heterocycles. The van der Waals surface area contributed by atoms with Gasteiger partial charge in [-0.15, -0.1) is 0 Å². The lowest BCUT2D eigenvalue weighted by Gasteiger charge is -2.05. The average molecular weight is 267 g/mol. The van der Waals surface area contributed by atoms with Crippen LogP contribution in [0.25, 0.3) is 22.3 Å². The van der Waals surface area contributed by atoms with Crippen molar-refractivity contribution in [2.24, 2.45) is 7.05 Å². The quantitative estimate of drug-likeness (QED) is 0.775. The summed E-state index contributed by atoms with van der Waals surface area (Å²) in [5, 5.41) is 14.0. The van der Waals surface area contributed by atoms with E-state index in [1.165, 1.54) is 6.20 Å². The molecule has 20 heavy (non-hydrogen) atoms. The first-order valence-corrected chi connectivity index (χ1v) is 6.19. The maximum absolute atomic E-state index is 11.4. The van der Waals surface area contributed by atoms with Gasteiger partial charge in [-0.1, -0.05) is 29.8 Å². The Hall–Kier alpha value is -2.69. The Kier molecular flexibility index (Phi) is 2.75. The van der Waals surface area contributed by atoms with Gasteiger partial charge in [-0.05, 0) is 13.0 Å². The zero-order valence-corrected chi connectivity index (χ0v) is 11.2. The summed E-state index contributed by atoms with van der Waals surface area (Å²) in [6.07, 6.45) is 1.53. The van der Waals surface area contributed by atoms with Crippen LogP contribution >= 0.6 is 0 Å². The number of carboxylic acids is 1. The second-order valence-electron chi connectivity index (χ2n) is 4.73. The molecule has 0 radical (unpaired) electrons. The monoisotopic (exact) mass is 267 g/mol. The van der Waals surface area contributed by atoms with E-state index in [-0.39, 0.29) is 5.56 Å². The van der Waals surface area contributed by atoms with Gasteiger partial charge in [-0.3, -0.25) is 4.68 Å². The van der Waals surface area contributed by atoms with Crippen LogP contribution in [-0.4, -0.2) is 25.8 Å². The van der Waals surface area contributed by atoms with Crippen LogP contribution in [0.4, 0.5) is 0 Å². The van der Waals surface area contributed by atoms with Crippen molar-refractivity contribution in [2.75, 3.05) is 0 Å². The van der Waals surface area contributed by atoms with Gasteiger partial charge in [0.15, 0.2) is 5.65 Å². The SMILES string of the molecule is Cc1ccc(-c2cc(C(=O)O)c3cnn(C)c3n2)cc1. The fourth-order valence-corrected chi connectivity index (χ4v) is 2.16. The van der Waals surface area contributed by atoms with Gasteiger partial charge in [0.1, 0.15) is 0 Å². The fourth-order valence-electron chi connectivity index (χ4n) is 2.16. The van der Waals surface area contributed by atoms with E-state index in [0.29, 0.717) is 16.7 Å². The number of aromatic carboxylic acids is 1. The van der Waals surface area contributed by atoms with E-state index in [4.69, 9.17) is 0 Å². The van der Waals surface area contributed by atoms with E-state index in [1.807, 2.05) is 31.2 Å². The molecule has 0 bridgehead atoms. The minimum absolute atomic E-state index is 0.221. The molecular weight excluding hydrogens is 254 g/mol. The van der Waals surface area contributed by atoms with E-state index in [1.54, 1.807) is 17.8 Å². The molecule has 0 aliphatic carbocycles. The number of pyridine rings is 1. The molecule has 100 valence electrons. The standard InChI is InChI=1S/C15H13N3O2/c1-9-3-5-10(6-4-9)13-7-11(15(19)20)12-8-16-18(2)14(12)17-13/h3-8H,1-2H3,(H,19,20). The summed E-state index contributed by atoms with van der Waals surface area (Å²) in [6, 6.07) is 9.42. The van der Waals surface area contributed by atoms with E-state index >= 15 is 0 Å². The van der Waals surface area contributed by atoms with Crippen LogP contribution in [0.15, 0.2) is 36.5 Å². The van der Waals surface area contributed by atoms with Crippen molar-refractivity contribution in [1.29, 1.82) is 0 Å². The average Bonchev–Trinajstić information content (AvgIpc) is 2.80. The topological polar surface area (TPSA) is 68.0 Å². The maximum Gasteiger partial charge on any atom is 0.336 e. The Bertz CT molecular complexity index is 804. The van der Waals surface area contributed by atoms with E-state index in [0.717, 1.165) is 11.1 Å². The number of hydrogen-bond donors (Lipinski definition) is 1. The number of fused-ring (bicyclic) bond motifs is 1. The Morgan fingerprint density at radius 3 is 2.60 bits per heavy atom. The maximum atomic E-state index is 11.4. The summed E-state index contributed by atoms with van der Waals surface area (Å²) in [7, 11) is 1.75. The predicted octanol–water partition coefficient (Wildman–Crippen LogP) is 2.64. The number of rotatable bonds is 2. The molecule has 0 atom stereocenters. The summed E-state index contributed by atoms with van der Waals surface area (Å²) < 4.78 is 1.58. The molecule has 1 N–H and O–H groups in total. The molecular formula is C15H13N3O2. The van der Waals surface area contributed by atoms with Crippen LogP contribution < -0.4 is 0 Å². The largest absolute Gasteiger partial charge is 0.478 e. The lowest BCUT2D eigenvalue weighted by Crippen LogP contribution is -2.01. The Labute approximate surface area is 115 Å². The normalized spacial score (nSPS) is 10.9. The van der Waals surface area contributed by atoms with Crippen LogP contribution in [0.2, 0.25) is 0 Å². The molecule has 0 saturated heterocycles. The van der Waals surface area contributed by atoms with Crippen LogP contribution in [0.3, 0.4) is 0 Å². The Morgan fingerprint density at radius 2 is 1.95 bits per heavy atom. The van der Waals surface area contributed by atoms with Gasteiger partial charge in [0.25, 0.3) is 0 Å². The molecule has 2 heterocycles. The van der Waals surface area contributed by atoms with E-state index < -0.39 is 5.97 Å². The first kappa shape index (κ1) is 12.3. The van der Waals surface area contributed by atoms with Gasteiger partial charge < -0.3 is 5.11 Å². The molecule has 0 amide bonds. The Morgan fingerprint density at radius 1 is 1.25 bits per heavy atom. The molecule has 5 heteroatoms. The third-order valence-electron chi connectivity index (χ3n) is 3.28. The van der Waals surface area contributed by atoms with Gasteiger partial charge in [-0.25, -0.2) is 9.78 Å². The van der Waals surface area contributed by atoms with Crippen LogP contribution in [0.5, 0.6) is 0 Å². The van der Waals surface area contributed by atoms with Crippen LogP contribution in [-0.2, 0) is 7.05 Å². The lowest BCUT2D eigenvalue weighted by molar-refractivity contribution is 0.0699. The highest BCUT2D eigenvalue weighted by Crippen LogP contribution is 2.24. The smallest absolute Gasteiger partial charge is 0.336 e. The van der Waals surface area contributed by atoms with Crippen molar-refractivity contribution >= 4 is 17.0 Å². The summed E-state index contributed by atoms with van der Waals surface area (Å²) >= 11 is 0. The second-order valence-corrected chi connectivity index (χ2v) is 4.73. The molecule has 0 saturated carbocycles. The summed E-state index contributed by atoms with van der Waals surface area (Å²) in [4.78, 5) is 15.9. The highest BCUT2D eigenvalue weighted by molar-refractivity contribution is 6.02. The minimum Gasteiger partial charge on any atom is -0.478 e. The molecule has 5 nitrogen and oxygen atoms in total. The first-order chi connectivity index (χ1) is 9.56. The number of carbonyl (C=O) groups is 1. The molecule has 3 rings (SSSR count). The van der Waals surface area contributed by atoms with Crippen molar-refractivity contribution in [3.63, 3.8) is 0 Å². The number of aryl methyl sites for hydroxylation is 2. The zero-order valence-electron chi connectivity index (χ0n) is 11.2. The zero-order chi connectivity index (χ0) is 14.3. The molecule has 0 fully saturated rings. The number of aromatic nitrogens is 3. The van der Waals surface area contributed by atoms with Crippen molar-refractivity contribution < 1.29 is 9.90 Å². The molecule has 0 aliphatic rings. The number of nitrogens with zero attached hydrogens (tertiary/aromatic N) is 3. The van der Waals surface area contributed by atoms with Crippen LogP contribution in [0, 0.1) is 6.92 Å².